The average molecular weight is 438 g/mol. The molecule has 1 aliphatic heterocycles. The van der Waals surface area contributed by atoms with Crippen LogP contribution in [0.25, 0.3) is 0 Å². The summed E-state index contributed by atoms with van der Waals surface area (Å²) in [5, 5.41) is 12.4. The van der Waals surface area contributed by atoms with Gasteiger partial charge in [0.1, 0.15) is 17.4 Å². The average Bonchev–Trinajstić information content (AvgIpc) is 2.79. The number of carbonyl (C=O) groups is 1. The molecule has 0 spiro atoms. The van der Waals surface area contributed by atoms with Gasteiger partial charge >= 0.3 is 0 Å². The van der Waals surface area contributed by atoms with Gasteiger partial charge in [0.15, 0.2) is 0 Å². The topological polar surface area (TPSA) is 104 Å². The molecule has 32 heavy (non-hydrogen) atoms. The smallest absolute Gasteiger partial charge is 0.266 e. The van der Waals surface area contributed by atoms with Crippen molar-refractivity contribution < 1.29 is 14.3 Å². The second-order valence-corrected chi connectivity index (χ2v) is 8.30. The van der Waals surface area contributed by atoms with E-state index in [1.807, 2.05) is 25.1 Å². The fourth-order valence-electron chi connectivity index (χ4n) is 4.42. The first kappa shape index (κ1) is 23.6. The largest absolute Gasteiger partial charge is 0.494 e. The molecule has 0 unspecified atom stereocenters. The summed E-state index contributed by atoms with van der Waals surface area (Å²) >= 11 is 0. The highest BCUT2D eigenvalue weighted by atomic mass is 16.5. The Kier molecular flexibility index (Phi) is 7.70. The van der Waals surface area contributed by atoms with Crippen molar-refractivity contribution in [1.29, 1.82) is 5.26 Å². The van der Waals surface area contributed by atoms with E-state index in [9.17, 15) is 14.9 Å². The molecule has 1 saturated heterocycles. The lowest BCUT2D eigenvalue weighted by atomic mass is 9.74. The van der Waals surface area contributed by atoms with Crippen molar-refractivity contribution in [2.45, 2.75) is 51.9 Å². The van der Waals surface area contributed by atoms with E-state index in [1.54, 1.807) is 13.8 Å². The standard InChI is InChI=1S/C25H31N3O4/c1-4-32-20-7-5-19(6-8-20)25(11-13-31-14-12-25)16-27-23(29)10-9-21-17(2)22(15-26)24(30)28-18(21)3/h5-8H,4,9-14,16H2,1-3H3,(H,27,29)(H,28,30). The Morgan fingerprint density at radius 3 is 2.56 bits per heavy atom. The number of nitriles is 1. The number of hydrogen-bond acceptors (Lipinski definition) is 5. The predicted octanol–water partition coefficient (Wildman–Crippen LogP) is 3.06. The molecular formula is C25H31N3O4. The van der Waals surface area contributed by atoms with E-state index < -0.39 is 0 Å². The van der Waals surface area contributed by atoms with Crippen molar-refractivity contribution in [3.8, 4) is 11.8 Å². The van der Waals surface area contributed by atoms with Crippen molar-refractivity contribution in [1.82, 2.24) is 10.3 Å². The van der Waals surface area contributed by atoms with Crippen LogP contribution in [0.15, 0.2) is 29.1 Å². The van der Waals surface area contributed by atoms with E-state index >= 15 is 0 Å². The van der Waals surface area contributed by atoms with Gasteiger partial charge in [-0.25, -0.2) is 0 Å². The van der Waals surface area contributed by atoms with E-state index in [1.165, 1.54) is 5.56 Å². The van der Waals surface area contributed by atoms with Crippen LogP contribution in [-0.2, 0) is 21.4 Å². The normalized spacial score (nSPS) is 15.1. The number of aromatic amines is 1. The number of nitrogens with one attached hydrogen (secondary N) is 2. The highest BCUT2D eigenvalue weighted by Crippen LogP contribution is 2.35. The summed E-state index contributed by atoms with van der Waals surface area (Å²) < 4.78 is 11.1. The molecular weight excluding hydrogens is 406 g/mol. The van der Waals surface area contributed by atoms with Gasteiger partial charge in [-0.3, -0.25) is 9.59 Å². The molecule has 1 aliphatic rings. The number of hydrogen-bond donors (Lipinski definition) is 2. The number of nitrogens with zero attached hydrogens (tertiary/aromatic N) is 1. The molecule has 2 heterocycles. The molecule has 3 rings (SSSR count). The summed E-state index contributed by atoms with van der Waals surface area (Å²) in [6, 6.07) is 10.1. The van der Waals surface area contributed by atoms with Crippen molar-refractivity contribution in [2.24, 2.45) is 0 Å². The third-order valence-corrected chi connectivity index (χ3v) is 6.37. The van der Waals surface area contributed by atoms with Crippen molar-refractivity contribution in [2.75, 3.05) is 26.4 Å². The minimum absolute atomic E-state index is 0.0506. The Labute approximate surface area is 188 Å². The lowest BCUT2D eigenvalue weighted by molar-refractivity contribution is -0.121. The molecule has 0 saturated carbocycles. The van der Waals surface area contributed by atoms with E-state index in [0.717, 1.165) is 24.2 Å². The van der Waals surface area contributed by atoms with Crippen LogP contribution in [0.2, 0.25) is 0 Å². The number of rotatable bonds is 8. The number of benzene rings is 1. The molecule has 1 fully saturated rings. The van der Waals surface area contributed by atoms with Crippen LogP contribution >= 0.6 is 0 Å². The van der Waals surface area contributed by atoms with E-state index in [4.69, 9.17) is 9.47 Å². The number of carbonyl (C=O) groups excluding carboxylic acids is 1. The number of aromatic nitrogens is 1. The molecule has 1 aromatic carbocycles. The number of H-pyrrole nitrogens is 1. The zero-order valence-corrected chi connectivity index (χ0v) is 19.0. The van der Waals surface area contributed by atoms with Gasteiger partial charge in [0.2, 0.25) is 5.91 Å². The molecule has 0 aliphatic carbocycles. The maximum atomic E-state index is 12.7. The van der Waals surface area contributed by atoms with Gasteiger partial charge in [0.25, 0.3) is 5.56 Å². The number of pyridine rings is 1. The first-order valence-electron chi connectivity index (χ1n) is 11.1. The number of amides is 1. The summed E-state index contributed by atoms with van der Waals surface area (Å²) in [4.78, 5) is 27.3. The van der Waals surface area contributed by atoms with E-state index in [2.05, 4.69) is 22.4 Å². The third-order valence-electron chi connectivity index (χ3n) is 6.37. The minimum Gasteiger partial charge on any atom is -0.494 e. The van der Waals surface area contributed by atoms with Crippen molar-refractivity contribution in [3.05, 3.63) is 62.6 Å². The van der Waals surface area contributed by atoms with Gasteiger partial charge < -0.3 is 19.8 Å². The van der Waals surface area contributed by atoms with Gasteiger partial charge in [-0.2, -0.15) is 5.26 Å². The second kappa shape index (κ2) is 10.5. The van der Waals surface area contributed by atoms with Gasteiger partial charge in [0.05, 0.1) is 6.61 Å². The second-order valence-electron chi connectivity index (χ2n) is 8.30. The number of aryl methyl sites for hydroxylation is 1. The van der Waals surface area contributed by atoms with Gasteiger partial charge in [-0.1, -0.05) is 12.1 Å². The third kappa shape index (κ3) is 5.20. The van der Waals surface area contributed by atoms with Crippen LogP contribution in [0.3, 0.4) is 0 Å². The van der Waals surface area contributed by atoms with Crippen LogP contribution in [0, 0.1) is 25.2 Å². The summed E-state index contributed by atoms with van der Waals surface area (Å²) in [5.41, 5.74) is 2.94. The fourth-order valence-corrected chi connectivity index (χ4v) is 4.42. The SMILES string of the molecule is CCOc1ccc(C2(CNC(=O)CCc3c(C)[nH]c(=O)c(C#N)c3C)CCOCC2)cc1. The Morgan fingerprint density at radius 1 is 1.25 bits per heavy atom. The highest BCUT2D eigenvalue weighted by molar-refractivity contribution is 5.76. The lowest BCUT2D eigenvalue weighted by Gasteiger charge is -2.38. The first-order chi connectivity index (χ1) is 15.4. The fraction of sp³-hybridized carbons (Fsp3) is 0.480. The highest BCUT2D eigenvalue weighted by Gasteiger charge is 2.34. The van der Waals surface area contributed by atoms with Crippen LogP contribution in [0.4, 0.5) is 0 Å². The Morgan fingerprint density at radius 2 is 1.94 bits per heavy atom. The molecule has 2 N–H and O–H groups in total. The summed E-state index contributed by atoms with van der Waals surface area (Å²) in [6.07, 6.45) is 2.43. The molecule has 0 radical (unpaired) electrons. The molecule has 1 aromatic heterocycles. The zero-order valence-electron chi connectivity index (χ0n) is 19.0. The van der Waals surface area contributed by atoms with Crippen LogP contribution in [0.5, 0.6) is 5.75 Å². The van der Waals surface area contributed by atoms with E-state index in [0.29, 0.717) is 44.0 Å². The van der Waals surface area contributed by atoms with Crippen molar-refractivity contribution >= 4 is 5.91 Å². The van der Waals surface area contributed by atoms with Crippen molar-refractivity contribution in [3.63, 3.8) is 0 Å². The molecule has 1 amide bonds. The maximum absolute atomic E-state index is 12.7. The molecule has 7 nitrogen and oxygen atoms in total. The van der Waals surface area contributed by atoms with E-state index in [-0.39, 0.29) is 28.9 Å². The van der Waals surface area contributed by atoms with Crippen LogP contribution in [-0.4, -0.2) is 37.3 Å². The first-order valence-corrected chi connectivity index (χ1v) is 11.1. The minimum atomic E-state index is -0.382. The van der Waals surface area contributed by atoms with Crippen LogP contribution in [0.1, 0.15) is 54.1 Å². The molecule has 0 atom stereocenters. The monoisotopic (exact) mass is 437 g/mol. The number of ether oxygens (including phenoxy) is 2. The van der Waals surface area contributed by atoms with Gasteiger partial charge in [-0.15, -0.1) is 0 Å². The Hall–Kier alpha value is -3.11. The maximum Gasteiger partial charge on any atom is 0.266 e. The summed E-state index contributed by atoms with van der Waals surface area (Å²) in [5.74, 6) is 0.788. The molecule has 170 valence electrons. The lowest BCUT2D eigenvalue weighted by Crippen LogP contribution is -2.44. The molecule has 0 bridgehead atoms. The zero-order chi connectivity index (χ0) is 23.1. The predicted molar refractivity (Wildman–Crippen MR) is 122 cm³/mol. The Bertz CT molecular complexity index is 1040. The molecule has 7 heteroatoms. The molecule has 2 aromatic rings. The van der Waals surface area contributed by atoms with Gasteiger partial charge in [-0.05, 0) is 68.9 Å². The summed E-state index contributed by atoms with van der Waals surface area (Å²) in [6.45, 7) is 8.00. The summed E-state index contributed by atoms with van der Waals surface area (Å²) in [7, 11) is 0. The quantitative estimate of drug-likeness (QED) is 0.661. The van der Waals surface area contributed by atoms with Gasteiger partial charge in [0, 0.05) is 37.3 Å². The Balaban J connectivity index is 1.68. The van der Waals surface area contributed by atoms with Crippen LogP contribution < -0.4 is 15.6 Å².